The quantitative estimate of drug-likeness (QED) is 0.608. The molecule has 0 saturated heterocycles. The van der Waals surface area contributed by atoms with E-state index in [1.807, 2.05) is 0 Å². The topological polar surface area (TPSA) is 90.2 Å². The summed E-state index contributed by atoms with van der Waals surface area (Å²) in [4.78, 5) is 0. The fourth-order valence-electron chi connectivity index (χ4n) is 3.32. The van der Waals surface area contributed by atoms with Crippen LogP contribution in [0.3, 0.4) is 0 Å². The molecule has 2 aliphatic rings. The van der Waals surface area contributed by atoms with Gasteiger partial charge in [-0.1, -0.05) is 6.07 Å². The summed E-state index contributed by atoms with van der Waals surface area (Å²) >= 11 is 0. The Morgan fingerprint density at radius 2 is 1.68 bits per heavy atom. The third-order valence-electron chi connectivity index (χ3n) is 4.69. The zero-order valence-corrected chi connectivity index (χ0v) is 11.8. The van der Waals surface area contributed by atoms with Gasteiger partial charge in [0.15, 0.2) is 11.5 Å². The minimum absolute atomic E-state index is 0.0460. The van der Waals surface area contributed by atoms with Gasteiger partial charge in [0.05, 0.1) is 0 Å². The molecule has 2 aromatic rings. The fourth-order valence-corrected chi connectivity index (χ4v) is 3.32. The van der Waals surface area contributed by atoms with E-state index in [4.69, 9.17) is 4.74 Å². The van der Waals surface area contributed by atoms with Crippen LogP contribution in [0.2, 0.25) is 0 Å². The highest BCUT2D eigenvalue weighted by Gasteiger charge is 2.54. The Bertz CT molecular complexity index is 764. The van der Waals surface area contributed by atoms with Crippen molar-refractivity contribution in [1.82, 2.24) is 0 Å². The van der Waals surface area contributed by atoms with E-state index in [0.717, 1.165) is 24.0 Å². The fraction of sp³-hybridized carbons (Fsp3) is 0.294. The minimum atomic E-state index is -0.271. The number of rotatable bonds is 1. The molecule has 1 fully saturated rings. The monoisotopic (exact) mass is 300 g/mol. The van der Waals surface area contributed by atoms with Crippen molar-refractivity contribution < 1.29 is 25.2 Å². The van der Waals surface area contributed by atoms with Crippen LogP contribution in [0.4, 0.5) is 0 Å². The standard InChI is InChI=1S/C17H16O5/c18-10-6-13(20)11-8-17(3-4-17)16(22-15(11)7-10)9-1-2-12(19)14(21)5-9/h1-2,5-7,16,18-21H,3-4,8H2. The molecular formula is C17H16O5. The molecular weight excluding hydrogens is 284 g/mol. The number of phenolic OH excluding ortho intramolecular Hbond substituents is 4. The van der Waals surface area contributed by atoms with E-state index < -0.39 is 0 Å². The number of ether oxygens (including phenoxy) is 1. The third-order valence-corrected chi connectivity index (χ3v) is 4.69. The molecule has 1 unspecified atom stereocenters. The van der Waals surface area contributed by atoms with Crippen LogP contribution in [0.25, 0.3) is 0 Å². The molecule has 0 aromatic heterocycles. The molecule has 0 radical (unpaired) electrons. The maximum atomic E-state index is 10.0. The van der Waals surface area contributed by atoms with Gasteiger partial charge in [0.25, 0.3) is 0 Å². The lowest BCUT2D eigenvalue weighted by Crippen LogP contribution is -2.27. The molecule has 1 aliphatic carbocycles. The van der Waals surface area contributed by atoms with Crippen LogP contribution >= 0.6 is 0 Å². The van der Waals surface area contributed by atoms with Gasteiger partial charge < -0.3 is 25.2 Å². The van der Waals surface area contributed by atoms with Crippen molar-refractivity contribution >= 4 is 0 Å². The second-order valence-corrected chi connectivity index (χ2v) is 6.23. The van der Waals surface area contributed by atoms with E-state index in [9.17, 15) is 20.4 Å². The highest BCUT2D eigenvalue weighted by atomic mass is 16.5. The molecule has 1 aliphatic heterocycles. The maximum absolute atomic E-state index is 10.0. The molecule has 5 heteroatoms. The predicted molar refractivity (Wildman–Crippen MR) is 78.3 cm³/mol. The molecule has 1 heterocycles. The Balaban J connectivity index is 1.79. The molecule has 5 nitrogen and oxygen atoms in total. The van der Waals surface area contributed by atoms with Crippen molar-refractivity contribution in [3.8, 4) is 28.7 Å². The van der Waals surface area contributed by atoms with Crippen LogP contribution in [-0.4, -0.2) is 20.4 Å². The van der Waals surface area contributed by atoms with Crippen molar-refractivity contribution in [3.63, 3.8) is 0 Å². The van der Waals surface area contributed by atoms with Crippen LogP contribution < -0.4 is 4.74 Å². The van der Waals surface area contributed by atoms with Crippen LogP contribution in [0.5, 0.6) is 28.7 Å². The number of aromatic hydroxyl groups is 4. The summed E-state index contributed by atoms with van der Waals surface area (Å²) in [5.74, 6) is 0.123. The largest absolute Gasteiger partial charge is 0.508 e. The number of benzene rings is 2. The van der Waals surface area contributed by atoms with E-state index in [-0.39, 0.29) is 34.5 Å². The lowest BCUT2D eigenvalue weighted by Gasteiger charge is -2.34. The van der Waals surface area contributed by atoms with Crippen molar-refractivity contribution in [2.75, 3.05) is 0 Å². The molecule has 2 aromatic carbocycles. The van der Waals surface area contributed by atoms with Crippen LogP contribution in [-0.2, 0) is 6.42 Å². The van der Waals surface area contributed by atoms with Gasteiger partial charge in [-0.2, -0.15) is 0 Å². The Hall–Kier alpha value is -2.56. The summed E-state index contributed by atoms with van der Waals surface area (Å²) in [6.45, 7) is 0. The van der Waals surface area contributed by atoms with Crippen molar-refractivity contribution in [2.45, 2.75) is 25.4 Å². The Morgan fingerprint density at radius 3 is 2.36 bits per heavy atom. The van der Waals surface area contributed by atoms with Gasteiger partial charge >= 0.3 is 0 Å². The van der Waals surface area contributed by atoms with Crippen LogP contribution in [0, 0.1) is 5.41 Å². The molecule has 4 rings (SSSR count). The smallest absolute Gasteiger partial charge is 0.157 e. The first kappa shape index (κ1) is 13.1. The second kappa shape index (κ2) is 4.22. The summed E-state index contributed by atoms with van der Waals surface area (Å²) in [5, 5.41) is 38.8. The number of phenols is 4. The third kappa shape index (κ3) is 1.85. The maximum Gasteiger partial charge on any atom is 0.157 e. The second-order valence-electron chi connectivity index (χ2n) is 6.23. The Kier molecular flexibility index (Phi) is 2.52. The van der Waals surface area contributed by atoms with Crippen LogP contribution in [0.15, 0.2) is 30.3 Å². The average Bonchev–Trinajstić information content (AvgIpc) is 3.23. The zero-order chi connectivity index (χ0) is 15.5. The van der Waals surface area contributed by atoms with Crippen molar-refractivity contribution in [3.05, 3.63) is 41.5 Å². The lowest BCUT2D eigenvalue weighted by atomic mass is 9.83. The minimum Gasteiger partial charge on any atom is -0.508 e. The van der Waals surface area contributed by atoms with Gasteiger partial charge in [-0.3, -0.25) is 0 Å². The molecule has 1 atom stereocenters. The zero-order valence-electron chi connectivity index (χ0n) is 11.8. The first-order valence-electron chi connectivity index (χ1n) is 7.22. The molecule has 22 heavy (non-hydrogen) atoms. The summed E-state index contributed by atoms with van der Waals surface area (Å²) < 4.78 is 6.04. The van der Waals surface area contributed by atoms with Crippen molar-refractivity contribution in [2.24, 2.45) is 5.41 Å². The van der Waals surface area contributed by atoms with Gasteiger partial charge in [0.2, 0.25) is 0 Å². The SMILES string of the molecule is Oc1cc(O)c2c(c1)OC(c1ccc(O)c(O)c1)C1(CC1)C2. The lowest BCUT2D eigenvalue weighted by molar-refractivity contribution is 0.0952. The van der Waals surface area contributed by atoms with Crippen LogP contribution in [0.1, 0.15) is 30.1 Å². The molecule has 1 saturated carbocycles. The number of hydrogen-bond donors (Lipinski definition) is 4. The van der Waals surface area contributed by atoms with E-state index in [2.05, 4.69) is 0 Å². The summed E-state index contributed by atoms with van der Waals surface area (Å²) in [5.41, 5.74) is 1.40. The van der Waals surface area contributed by atoms with Gasteiger partial charge in [-0.05, 0) is 37.0 Å². The van der Waals surface area contributed by atoms with E-state index in [0.29, 0.717) is 12.2 Å². The summed E-state index contributed by atoms with van der Waals surface area (Å²) in [6.07, 6.45) is 2.34. The summed E-state index contributed by atoms with van der Waals surface area (Å²) in [7, 11) is 0. The number of fused-ring (bicyclic) bond motifs is 1. The molecule has 0 amide bonds. The molecule has 0 bridgehead atoms. The normalized spacial score (nSPS) is 21.2. The van der Waals surface area contributed by atoms with E-state index in [1.54, 1.807) is 6.07 Å². The first-order chi connectivity index (χ1) is 10.5. The Labute approximate surface area is 127 Å². The van der Waals surface area contributed by atoms with Gasteiger partial charge in [0.1, 0.15) is 23.4 Å². The number of hydrogen-bond acceptors (Lipinski definition) is 5. The highest BCUT2D eigenvalue weighted by Crippen LogP contribution is 2.63. The van der Waals surface area contributed by atoms with E-state index >= 15 is 0 Å². The van der Waals surface area contributed by atoms with E-state index in [1.165, 1.54) is 24.3 Å². The first-order valence-corrected chi connectivity index (χ1v) is 7.22. The predicted octanol–water partition coefficient (Wildman–Crippen LogP) is 2.97. The Morgan fingerprint density at radius 1 is 0.909 bits per heavy atom. The van der Waals surface area contributed by atoms with Crippen molar-refractivity contribution in [1.29, 1.82) is 0 Å². The molecule has 4 N–H and O–H groups in total. The average molecular weight is 300 g/mol. The summed E-state index contributed by atoms with van der Waals surface area (Å²) in [6, 6.07) is 7.50. The molecule has 114 valence electrons. The molecule has 1 spiro atoms. The van der Waals surface area contributed by atoms with Gasteiger partial charge in [-0.25, -0.2) is 0 Å². The highest BCUT2D eigenvalue weighted by molar-refractivity contribution is 5.53. The van der Waals surface area contributed by atoms with Gasteiger partial charge in [-0.15, -0.1) is 0 Å². The van der Waals surface area contributed by atoms with Gasteiger partial charge in [0, 0.05) is 23.1 Å².